The number of aliphatic hydroxyl groups excluding tert-OH is 1. The van der Waals surface area contributed by atoms with Crippen molar-refractivity contribution < 1.29 is 9.84 Å². The Morgan fingerprint density at radius 3 is 2.63 bits per heavy atom. The molecule has 142 valence electrons. The average Bonchev–Trinajstić information content (AvgIpc) is 3.13. The van der Waals surface area contributed by atoms with Crippen LogP contribution in [0.25, 0.3) is 21.3 Å². The minimum absolute atomic E-state index is 0.0165. The molecular weight excluding hydrogens is 360 g/mol. The Bertz CT molecular complexity index is 920. The number of benzene rings is 1. The van der Waals surface area contributed by atoms with Crippen molar-refractivity contribution in [1.29, 1.82) is 0 Å². The summed E-state index contributed by atoms with van der Waals surface area (Å²) in [6.45, 7) is 1.93. The largest absolute Gasteiger partial charge is 0.394 e. The van der Waals surface area contributed by atoms with E-state index >= 15 is 0 Å². The summed E-state index contributed by atoms with van der Waals surface area (Å²) >= 11 is 1.63. The number of aromatic nitrogens is 2. The van der Waals surface area contributed by atoms with E-state index in [1.165, 1.54) is 0 Å². The van der Waals surface area contributed by atoms with E-state index < -0.39 is 5.54 Å². The third-order valence-corrected chi connectivity index (χ3v) is 6.06. The number of nitrogens with two attached hydrogens (primary N) is 1. The summed E-state index contributed by atoms with van der Waals surface area (Å²) < 4.78 is 5.27. The van der Waals surface area contributed by atoms with Crippen molar-refractivity contribution in [2.75, 3.05) is 31.7 Å². The van der Waals surface area contributed by atoms with Crippen LogP contribution in [0.3, 0.4) is 0 Å². The second kappa shape index (κ2) is 7.52. The fraction of sp³-hybridized carbons (Fsp3) is 0.400. The van der Waals surface area contributed by atoms with Crippen LogP contribution < -0.4 is 10.6 Å². The van der Waals surface area contributed by atoms with Gasteiger partial charge in [0.1, 0.15) is 17.3 Å². The first-order valence-electron chi connectivity index (χ1n) is 9.11. The van der Waals surface area contributed by atoms with Crippen molar-refractivity contribution in [3.05, 3.63) is 41.5 Å². The Morgan fingerprint density at radius 2 is 1.96 bits per heavy atom. The topological polar surface area (TPSA) is 84.5 Å². The third kappa shape index (κ3) is 3.55. The predicted molar refractivity (Wildman–Crippen MR) is 109 cm³/mol. The number of thiophene rings is 1. The fourth-order valence-electron chi connectivity index (χ4n) is 3.54. The Morgan fingerprint density at radius 1 is 1.22 bits per heavy atom. The van der Waals surface area contributed by atoms with Gasteiger partial charge in [0, 0.05) is 36.7 Å². The van der Waals surface area contributed by atoms with Crippen LogP contribution >= 0.6 is 11.3 Å². The van der Waals surface area contributed by atoms with E-state index in [9.17, 15) is 5.11 Å². The van der Waals surface area contributed by atoms with Crippen molar-refractivity contribution in [1.82, 2.24) is 9.97 Å². The molecule has 0 radical (unpaired) electrons. The number of fused-ring (bicyclic) bond motifs is 1. The molecule has 3 N–H and O–H groups in total. The molecule has 3 aromatic rings. The summed E-state index contributed by atoms with van der Waals surface area (Å²) in [7, 11) is 1.65. The quantitative estimate of drug-likeness (QED) is 0.704. The van der Waals surface area contributed by atoms with E-state index in [1.807, 2.05) is 18.2 Å². The molecule has 0 atom stereocenters. The van der Waals surface area contributed by atoms with Crippen LogP contribution in [0.5, 0.6) is 0 Å². The van der Waals surface area contributed by atoms with E-state index in [0.29, 0.717) is 12.4 Å². The lowest BCUT2D eigenvalue weighted by atomic mass is 9.89. The lowest BCUT2D eigenvalue weighted by Crippen LogP contribution is -2.53. The first kappa shape index (κ1) is 18.3. The van der Waals surface area contributed by atoms with Crippen LogP contribution in [-0.2, 0) is 11.3 Å². The first-order valence-corrected chi connectivity index (χ1v) is 9.99. The van der Waals surface area contributed by atoms with Gasteiger partial charge in [-0.2, -0.15) is 0 Å². The highest BCUT2D eigenvalue weighted by molar-refractivity contribution is 7.17. The van der Waals surface area contributed by atoms with E-state index in [4.69, 9.17) is 20.4 Å². The number of hydrogen-bond acceptors (Lipinski definition) is 7. The molecule has 1 saturated heterocycles. The molecule has 0 saturated carbocycles. The lowest BCUT2D eigenvalue weighted by Gasteiger charge is -2.38. The van der Waals surface area contributed by atoms with Crippen molar-refractivity contribution in [2.24, 2.45) is 5.73 Å². The Labute approximate surface area is 162 Å². The van der Waals surface area contributed by atoms with Crippen molar-refractivity contribution in [3.63, 3.8) is 0 Å². The minimum Gasteiger partial charge on any atom is -0.394 e. The fourth-order valence-corrected chi connectivity index (χ4v) is 4.50. The standard InChI is InChI=1S/C20H24N4O2S/c1-26-11-16-22-18(24-9-7-20(21,13-25)8-10-24)17-15(12-27-19(17)23-16)14-5-3-2-4-6-14/h2-6,12,25H,7-11,13,21H2,1H3. The first-order chi connectivity index (χ1) is 13.1. The third-order valence-electron chi connectivity index (χ3n) is 5.19. The number of ether oxygens (including phenoxy) is 1. The maximum Gasteiger partial charge on any atom is 0.158 e. The molecule has 0 spiro atoms. The molecule has 2 aromatic heterocycles. The highest BCUT2D eigenvalue weighted by atomic mass is 32.1. The smallest absolute Gasteiger partial charge is 0.158 e. The molecule has 7 heteroatoms. The van der Waals surface area contributed by atoms with Crippen molar-refractivity contribution in [3.8, 4) is 11.1 Å². The Balaban J connectivity index is 1.80. The van der Waals surface area contributed by atoms with Crippen LogP contribution in [0, 0.1) is 0 Å². The number of rotatable bonds is 5. The van der Waals surface area contributed by atoms with Gasteiger partial charge in [-0.1, -0.05) is 30.3 Å². The minimum atomic E-state index is -0.491. The SMILES string of the molecule is COCc1nc(N2CCC(N)(CO)CC2)c2c(-c3ccccc3)csc2n1. The number of hydrogen-bond donors (Lipinski definition) is 2. The molecule has 0 bridgehead atoms. The molecule has 1 aromatic carbocycles. The summed E-state index contributed by atoms with van der Waals surface area (Å²) in [5.41, 5.74) is 8.09. The molecule has 3 heterocycles. The Kier molecular flexibility index (Phi) is 5.10. The van der Waals surface area contributed by atoms with Crippen LogP contribution in [0.1, 0.15) is 18.7 Å². The predicted octanol–water partition coefficient (Wildman–Crippen LogP) is 2.79. The molecule has 4 rings (SSSR count). The number of nitrogens with zero attached hydrogens (tertiary/aromatic N) is 3. The summed E-state index contributed by atoms with van der Waals surface area (Å²) in [6.07, 6.45) is 1.47. The second-order valence-electron chi connectivity index (χ2n) is 7.10. The van der Waals surface area contributed by atoms with Gasteiger partial charge < -0.3 is 20.5 Å². The van der Waals surface area contributed by atoms with Gasteiger partial charge in [0.05, 0.1) is 12.0 Å². The zero-order valence-corrected chi connectivity index (χ0v) is 16.2. The van der Waals surface area contributed by atoms with Crippen LogP contribution in [0.2, 0.25) is 0 Å². The molecule has 1 aliphatic heterocycles. The molecule has 27 heavy (non-hydrogen) atoms. The van der Waals surface area contributed by atoms with E-state index in [1.54, 1.807) is 18.4 Å². The van der Waals surface area contributed by atoms with Crippen molar-refractivity contribution >= 4 is 27.4 Å². The summed E-state index contributed by atoms with van der Waals surface area (Å²) in [5, 5.41) is 12.8. The van der Waals surface area contributed by atoms with Gasteiger partial charge in [-0.05, 0) is 18.4 Å². The average molecular weight is 385 g/mol. The van der Waals surface area contributed by atoms with Gasteiger partial charge in [0.25, 0.3) is 0 Å². The van der Waals surface area contributed by atoms with Crippen LogP contribution in [-0.4, -0.2) is 47.4 Å². The van der Waals surface area contributed by atoms with Crippen LogP contribution in [0.15, 0.2) is 35.7 Å². The summed E-state index contributed by atoms with van der Waals surface area (Å²) in [6, 6.07) is 10.3. The molecule has 0 aliphatic carbocycles. The van der Waals surface area contributed by atoms with Gasteiger partial charge in [0.2, 0.25) is 0 Å². The zero-order valence-electron chi connectivity index (χ0n) is 15.4. The number of anilines is 1. The van der Waals surface area contributed by atoms with Crippen molar-refractivity contribution in [2.45, 2.75) is 25.0 Å². The lowest BCUT2D eigenvalue weighted by molar-refractivity contribution is 0.169. The number of methoxy groups -OCH3 is 1. The Hall–Kier alpha value is -2.06. The monoisotopic (exact) mass is 384 g/mol. The number of piperidine rings is 1. The van der Waals surface area contributed by atoms with Gasteiger partial charge in [0.15, 0.2) is 5.82 Å². The normalized spacial score (nSPS) is 16.8. The van der Waals surface area contributed by atoms with Crippen LogP contribution in [0.4, 0.5) is 5.82 Å². The molecule has 0 amide bonds. The van der Waals surface area contributed by atoms with E-state index in [0.717, 1.165) is 53.1 Å². The summed E-state index contributed by atoms with van der Waals surface area (Å²) in [4.78, 5) is 12.8. The highest BCUT2D eigenvalue weighted by Crippen LogP contribution is 2.39. The highest BCUT2D eigenvalue weighted by Gasteiger charge is 2.32. The molecule has 0 unspecified atom stereocenters. The zero-order chi connectivity index (χ0) is 18.9. The molecule has 1 aliphatic rings. The van der Waals surface area contributed by atoms with Gasteiger partial charge in [-0.15, -0.1) is 11.3 Å². The summed E-state index contributed by atoms with van der Waals surface area (Å²) in [5.74, 6) is 1.63. The molecule has 1 fully saturated rings. The van der Waals surface area contributed by atoms with Gasteiger partial charge in [-0.3, -0.25) is 0 Å². The maximum absolute atomic E-state index is 9.57. The molecule has 6 nitrogen and oxygen atoms in total. The number of aliphatic hydroxyl groups is 1. The second-order valence-corrected chi connectivity index (χ2v) is 7.96. The maximum atomic E-state index is 9.57. The van der Waals surface area contributed by atoms with Gasteiger partial charge >= 0.3 is 0 Å². The van der Waals surface area contributed by atoms with E-state index in [2.05, 4.69) is 22.4 Å². The van der Waals surface area contributed by atoms with Gasteiger partial charge in [-0.25, -0.2) is 9.97 Å². The molecular formula is C20H24N4O2S. The van der Waals surface area contributed by atoms with E-state index in [-0.39, 0.29) is 6.61 Å².